The number of piperidine rings is 1. The van der Waals surface area contributed by atoms with Gasteiger partial charge in [0.15, 0.2) is 0 Å². The Morgan fingerprint density at radius 1 is 1.07 bits per heavy atom. The van der Waals surface area contributed by atoms with Crippen molar-refractivity contribution in [3.8, 4) is 16.9 Å². The lowest BCUT2D eigenvalue weighted by Gasteiger charge is -2.45. The van der Waals surface area contributed by atoms with E-state index in [4.69, 9.17) is 4.42 Å². The van der Waals surface area contributed by atoms with E-state index in [1.165, 1.54) is 6.07 Å². The first kappa shape index (κ1) is 20.6. The molecule has 0 aliphatic carbocycles. The van der Waals surface area contributed by atoms with Crippen LogP contribution in [0.2, 0.25) is 0 Å². The van der Waals surface area contributed by atoms with Crippen molar-refractivity contribution in [3.05, 3.63) is 64.5 Å². The van der Waals surface area contributed by atoms with Gasteiger partial charge in [-0.25, -0.2) is 4.79 Å². The molecule has 1 saturated heterocycles. The van der Waals surface area contributed by atoms with Crippen LogP contribution in [-0.4, -0.2) is 17.1 Å². The second kappa shape index (κ2) is 7.56. The smallest absolute Gasteiger partial charge is 0.336 e. The van der Waals surface area contributed by atoms with Crippen molar-refractivity contribution in [3.63, 3.8) is 0 Å². The zero-order valence-electron chi connectivity index (χ0n) is 18.1. The van der Waals surface area contributed by atoms with Crippen LogP contribution in [0.3, 0.4) is 0 Å². The Morgan fingerprint density at radius 3 is 2.40 bits per heavy atom. The standard InChI is InChI=1S/C25H30N2O3/c1-24(2)13-17(14-25(3,4)27-24)26-15-20-21(28)11-10-18-19(12-22(29)30-23(18)20)16-8-6-5-7-9-16/h5-12,17,26-28H,13-15H2,1-4H3. The molecule has 0 radical (unpaired) electrons. The topological polar surface area (TPSA) is 81.9 Å². The van der Waals surface area contributed by atoms with E-state index in [-0.39, 0.29) is 16.8 Å². The summed E-state index contributed by atoms with van der Waals surface area (Å²) in [6, 6.07) is 15.0. The van der Waals surface area contributed by atoms with E-state index in [9.17, 15) is 9.90 Å². The van der Waals surface area contributed by atoms with Gasteiger partial charge in [0.1, 0.15) is 12.1 Å². The Balaban J connectivity index is 1.70. The van der Waals surface area contributed by atoms with Gasteiger partial charge in [0, 0.05) is 40.9 Å². The minimum absolute atomic E-state index is 0.0367. The third-order valence-electron chi connectivity index (χ3n) is 5.93. The van der Waals surface area contributed by atoms with E-state index in [2.05, 4.69) is 38.3 Å². The van der Waals surface area contributed by atoms with Gasteiger partial charge >= 0.3 is 5.63 Å². The van der Waals surface area contributed by atoms with Gasteiger partial charge in [0.05, 0.1) is 6.04 Å². The molecule has 2 aromatic carbocycles. The highest BCUT2D eigenvalue weighted by atomic mass is 16.4. The van der Waals surface area contributed by atoms with Gasteiger partial charge < -0.3 is 20.2 Å². The van der Waals surface area contributed by atoms with Gasteiger partial charge in [-0.05, 0) is 38.8 Å². The predicted octanol–water partition coefficient (Wildman–Crippen LogP) is 2.91. The number of rotatable bonds is 4. The minimum atomic E-state index is -0.433. The average Bonchev–Trinajstić information content (AvgIpc) is 2.65. The number of nitrogens with one attached hydrogen (secondary N) is 1. The molecule has 3 N–H and O–H groups in total. The summed E-state index contributed by atoms with van der Waals surface area (Å²) in [5.41, 5.74) is 2.36. The molecule has 1 aliphatic rings. The summed E-state index contributed by atoms with van der Waals surface area (Å²) in [7, 11) is 0. The summed E-state index contributed by atoms with van der Waals surface area (Å²) in [6.07, 6.45) is 2.02. The molecule has 30 heavy (non-hydrogen) atoms. The molecule has 0 spiro atoms. The molecule has 1 aromatic heterocycles. The van der Waals surface area contributed by atoms with E-state index in [0.717, 1.165) is 29.4 Å². The summed E-state index contributed by atoms with van der Waals surface area (Å²) in [5, 5.41) is 19.5. The molecule has 4 rings (SSSR count). The SMILES string of the molecule is CC1(C)CC([NH2+]Cc2c([O-])ccc3c(-c4ccccc4)cc(=O)oc23)CC(C)(C)N1. The van der Waals surface area contributed by atoms with E-state index in [1.54, 1.807) is 12.1 Å². The first-order valence-electron chi connectivity index (χ1n) is 10.6. The summed E-state index contributed by atoms with van der Waals surface area (Å²) in [5.74, 6) is -0.0837. The lowest BCUT2D eigenvalue weighted by atomic mass is 9.79. The second-order valence-corrected chi connectivity index (χ2v) is 9.76. The number of nitrogens with two attached hydrogens (primary N) is 1. The Morgan fingerprint density at radius 2 is 1.73 bits per heavy atom. The molecule has 0 unspecified atom stereocenters. The van der Waals surface area contributed by atoms with Crippen molar-refractivity contribution in [1.82, 2.24) is 5.32 Å². The van der Waals surface area contributed by atoms with Crippen LogP contribution in [0.25, 0.3) is 22.1 Å². The molecule has 5 heteroatoms. The number of benzene rings is 2. The molecule has 158 valence electrons. The van der Waals surface area contributed by atoms with Crippen LogP contribution >= 0.6 is 0 Å². The molecule has 1 fully saturated rings. The molecule has 0 amide bonds. The van der Waals surface area contributed by atoms with Gasteiger partial charge in [0.25, 0.3) is 0 Å². The molecular formula is C25H30N2O3. The Bertz CT molecular complexity index is 1100. The Hall–Kier alpha value is -2.63. The van der Waals surface area contributed by atoms with Crippen molar-refractivity contribution in [2.45, 2.75) is 64.2 Å². The van der Waals surface area contributed by atoms with Crippen LogP contribution in [-0.2, 0) is 6.54 Å². The van der Waals surface area contributed by atoms with Crippen molar-refractivity contribution in [1.29, 1.82) is 0 Å². The maximum Gasteiger partial charge on any atom is 0.336 e. The maximum atomic E-state index is 12.7. The van der Waals surface area contributed by atoms with Crippen molar-refractivity contribution < 1.29 is 14.8 Å². The lowest BCUT2D eigenvalue weighted by Crippen LogP contribution is -2.91. The summed E-state index contributed by atoms with van der Waals surface area (Å²) >= 11 is 0. The second-order valence-electron chi connectivity index (χ2n) is 9.76. The third kappa shape index (κ3) is 4.27. The molecule has 3 aromatic rings. The molecular weight excluding hydrogens is 376 g/mol. The Kier molecular flexibility index (Phi) is 5.20. The molecule has 0 bridgehead atoms. The monoisotopic (exact) mass is 406 g/mol. The number of quaternary nitrogens is 1. The van der Waals surface area contributed by atoms with Crippen molar-refractivity contribution in [2.24, 2.45) is 0 Å². The first-order valence-corrected chi connectivity index (χ1v) is 10.6. The van der Waals surface area contributed by atoms with Crippen LogP contribution < -0.4 is 21.4 Å². The maximum absolute atomic E-state index is 12.7. The van der Waals surface area contributed by atoms with Gasteiger partial charge in [0.2, 0.25) is 0 Å². The summed E-state index contributed by atoms with van der Waals surface area (Å²) < 4.78 is 5.57. The fraction of sp³-hybridized carbons (Fsp3) is 0.400. The molecule has 1 aliphatic heterocycles. The van der Waals surface area contributed by atoms with Crippen LogP contribution in [0.1, 0.15) is 46.1 Å². The number of hydrogen-bond acceptors (Lipinski definition) is 4. The highest BCUT2D eigenvalue weighted by Gasteiger charge is 2.39. The van der Waals surface area contributed by atoms with Gasteiger partial charge in [-0.1, -0.05) is 48.2 Å². The predicted molar refractivity (Wildman–Crippen MR) is 117 cm³/mol. The summed E-state index contributed by atoms with van der Waals surface area (Å²) in [4.78, 5) is 12.3. The van der Waals surface area contributed by atoms with Gasteiger partial charge in [-0.15, -0.1) is 0 Å². The van der Waals surface area contributed by atoms with Crippen molar-refractivity contribution in [2.75, 3.05) is 0 Å². The molecule has 0 saturated carbocycles. The third-order valence-corrected chi connectivity index (χ3v) is 5.93. The van der Waals surface area contributed by atoms with Crippen LogP contribution in [0.5, 0.6) is 5.75 Å². The van der Waals surface area contributed by atoms with E-state index in [1.807, 2.05) is 30.3 Å². The van der Waals surface area contributed by atoms with Crippen LogP contribution in [0, 0.1) is 0 Å². The number of fused-ring (bicyclic) bond motifs is 1. The minimum Gasteiger partial charge on any atom is -0.872 e. The number of hydrogen-bond donors (Lipinski definition) is 2. The lowest BCUT2D eigenvalue weighted by molar-refractivity contribution is -0.709. The highest BCUT2D eigenvalue weighted by Crippen LogP contribution is 2.32. The molecule has 5 nitrogen and oxygen atoms in total. The fourth-order valence-electron chi connectivity index (χ4n) is 5.17. The van der Waals surface area contributed by atoms with Gasteiger partial charge in [-0.2, -0.15) is 0 Å². The van der Waals surface area contributed by atoms with Crippen LogP contribution in [0.15, 0.2) is 57.7 Å². The zero-order chi connectivity index (χ0) is 21.5. The molecule has 0 atom stereocenters. The summed E-state index contributed by atoms with van der Waals surface area (Å²) in [6.45, 7) is 9.37. The average molecular weight is 407 g/mol. The Labute approximate surface area is 177 Å². The van der Waals surface area contributed by atoms with Gasteiger partial charge in [-0.3, -0.25) is 0 Å². The quantitative estimate of drug-likeness (QED) is 0.653. The fourth-order valence-corrected chi connectivity index (χ4v) is 5.17. The largest absolute Gasteiger partial charge is 0.872 e. The van der Waals surface area contributed by atoms with E-state index in [0.29, 0.717) is 23.7 Å². The van der Waals surface area contributed by atoms with E-state index < -0.39 is 5.63 Å². The zero-order valence-corrected chi connectivity index (χ0v) is 18.1. The normalized spacial score (nSPS) is 18.5. The van der Waals surface area contributed by atoms with Crippen LogP contribution in [0.4, 0.5) is 0 Å². The first-order chi connectivity index (χ1) is 14.1. The van der Waals surface area contributed by atoms with E-state index >= 15 is 0 Å². The highest BCUT2D eigenvalue weighted by molar-refractivity contribution is 5.95. The molecule has 2 heterocycles. The van der Waals surface area contributed by atoms with Crippen molar-refractivity contribution >= 4 is 11.0 Å².